The highest BCUT2D eigenvalue weighted by Gasteiger charge is 2.19. The van der Waals surface area contributed by atoms with E-state index in [0.29, 0.717) is 17.4 Å². The van der Waals surface area contributed by atoms with E-state index >= 15 is 0 Å². The molecule has 0 atom stereocenters. The zero-order chi connectivity index (χ0) is 17.8. The van der Waals surface area contributed by atoms with Gasteiger partial charge in [0.2, 0.25) is 0 Å². The zero-order valence-electron chi connectivity index (χ0n) is 15.2. The minimum absolute atomic E-state index is 0.0162. The van der Waals surface area contributed by atoms with E-state index < -0.39 is 0 Å². The summed E-state index contributed by atoms with van der Waals surface area (Å²) in [4.78, 5) is 23.1. The summed E-state index contributed by atoms with van der Waals surface area (Å²) in [6.07, 6.45) is 6.57. The van der Waals surface area contributed by atoms with Gasteiger partial charge in [0, 0.05) is 18.8 Å². The lowest BCUT2D eigenvalue weighted by molar-refractivity contribution is 0.0718. The number of amides is 1. The molecular formula is C20H26N4O. The van der Waals surface area contributed by atoms with E-state index in [-0.39, 0.29) is 5.91 Å². The molecule has 0 saturated carbocycles. The lowest BCUT2D eigenvalue weighted by Crippen LogP contribution is -2.36. The second-order valence-corrected chi connectivity index (χ2v) is 6.96. The van der Waals surface area contributed by atoms with Crippen LogP contribution in [0.25, 0.3) is 0 Å². The Morgan fingerprint density at radius 2 is 1.88 bits per heavy atom. The Morgan fingerprint density at radius 3 is 2.52 bits per heavy atom. The van der Waals surface area contributed by atoms with Crippen molar-refractivity contribution in [3.05, 3.63) is 47.4 Å². The van der Waals surface area contributed by atoms with Gasteiger partial charge < -0.3 is 10.2 Å². The number of benzene rings is 1. The first kappa shape index (κ1) is 17.4. The van der Waals surface area contributed by atoms with E-state index in [0.717, 1.165) is 31.6 Å². The summed E-state index contributed by atoms with van der Waals surface area (Å²) in [7, 11) is 0. The van der Waals surface area contributed by atoms with Gasteiger partial charge in [-0.3, -0.25) is 4.79 Å². The maximum absolute atomic E-state index is 12.5. The fourth-order valence-electron chi connectivity index (χ4n) is 3.23. The van der Waals surface area contributed by atoms with Crippen molar-refractivity contribution in [3.8, 4) is 0 Å². The van der Waals surface area contributed by atoms with Crippen LogP contribution in [0.2, 0.25) is 0 Å². The third-order valence-electron chi connectivity index (χ3n) is 4.69. The molecule has 1 aromatic heterocycles. The highest BCUT2D eigenvalue weighted by Crippen LogP contribution is 2.29. The molecule has 0 unspecified atom stereocenters. The molecule has 1 N–H and O–H groups in total. The van der Waals surface area contributed by atoms with Crippen molar-refractivity contribution in [1.82, 2.24) is 14.9 Å². The molecule has 0 aliphatic carbocycles. The van der Waals surface area contributed by atoms with Gasteiger partial charge in [0.15, 0.2) is 0 Å². The number of anilines is 2. The first-order valence-electron chi connectivity index (χ1n) is 9.04. The van der Waals surface area contributed by atoms with Gasteiger partial charge in [-0.2, -0.15) is 0 Å². The minimum Gasteiger partial charge on any atom is -0.338 e. The highest BCUT2D eigenvalue weighted by atomic mass is 16.2. The Hall–Kier alpha value is -2.43. The molecule has 0 spiro atoms. The van der Waals surface area contributed by atoms with Crippen molar-refractivity contribution in [1.29, 1.82) is 0 Å². The summed E-state index contributed by atoms with van der Waals surface area (Å²) in [5.41, 5.74) is 3.90. The van der Waals surface area contributed by atoms with E-state index in [4.69, 9.17) is 0 Å². The molecule has 1 saturated heterocycles. The number of piperidine rings is 1. The van der Waals surface area contributed by atoms with E-state index in [1.807, 2.05) is 4.90 Å². The number of nitrogens with zero attached hydrogens (tertiary/aromatic N) is 3. The standard InChI is InChI=1S/C20H26N4O/c1-14(2)16-9-7-8-15(3)19(16)23-18-13-21-17(12-22-18)20(25)24-10-5-4-6-11-24/h7-9,12-14H,4-6,10-11H2,1-3H3,(H,22,23). The number of nitrogens with one attached hydrogen (secondary N) is 1. The fraction of sp³-hybridized carbons (Fsp3) is 0.450. The van der Waals surface area contributed by atoms with Crippen LogP contribution in [0.1, 0.15) is 60.6 Å². The molecule has 5 nitrogen and oxygen atoms in total. The Balaban J connectivity index is 1.76. The van der Waals surface area contributed by atoms with Crippen LogP contribution < -0.4 is 5.32 Å². The summed E-state index contributed by atoms with van der Waals surface area (Å²) in [6, 6.07) is 6.28. The normalized spacial score (nSPS) is 14.6. The van der Waals surface area contributed by atoms with Crippen LogP contribution in [-0.4, -0.2) is 33.9 Å². The number of para-hydroxylation sites is 1. The Bertz CT molecular complexity index is 734. The smallest absolute Gasteiger partial charge is 0.274 e. The van der Waals surface area contributed by atoms with E-state index in [1.54, 1.807) is 12.4 Å². The number of likely N-dealkylation sites (tertiary alicyclic amines) is 1. The van der Waals surface area contributed by atoms with E-state index in [2.05, 4.69) is 54.3 Å². The van der Waals surface area contributed by atoms with Gasteiger partial charge in [-0.05, 0) is 43.2 Å². The Morgan fingerprint density at radius 1 is 1.12 bits per heavy atom. The largest absolute Gasteiger partial charge is 0.338 e. The summed E-state index contributed by atoms with van der Waals surface area (Å²) >= 11 is 0. The molecule has 2 aromatic rings. The summed E-state index contributed by atoms with van der Waals surface area (Å²) < 4.78 is 0. The number of hydrogen-bond donors (Lipinski definition) is 1. The SMILES string of the molecule is Cc1cccc(C(C)C)c1Nc1cnc(C(=O)N2CCCCC2)cn1. The van der Waals surface area contributed by atoms with Crippen molar-refractivity contribution in [2.45, 2.75) is 46.0 Å². The molecule has 1 fully saturated rings. The van der Waals surface area contributed by atoms with Gasteiger partial charge in [0.05, 0.1) is 12.4 Å². The number of aromatic nitrogens is 2. The molecular weight excluding hydrogens is 312 g/mol. The predicted molar refractivity (Wildman–Crippen MR) is 100 cm³/mol. The monoisotopic (exact) mass is 338 g/mol. The second-order valence-electron chi connectivity index (χ2n) is 6.96. The van der Waals surface area contributed by atoms with Gasteiger partial charge in [0.25, 0.3) is 5.91 Å². The maximum Gasteiger partial charge on any atom is 0.274 e. The van der Waals surface area contributed by atoms with E-state index in [9.17, 15) is 4.79 Å². The van der Waals surface area contributed by atoms with Crippen LogP contribution in [0.4, 0.5) is 11.5 Å². The molecule has 3 rings (SSSR count). The topological polar surface area (TPSA) is 58.1 Å². The molecule has 0 radical (unpaired) electrons. The number of hydrogen-bond acceptors (Lipinski definition) is 4. The van der Waals surface area contributed by atoms with Crippen molar-refractivity contribution >= 4 is 17.4 Å². The second kappa shape index (κ2) is 7.64. The average molecular weight is 338 g/mol. The van der Waals surface area contributed by atoms with Crippen molar-refractivity contribution in [3.63, 3.8) is 0 Å². The predicted octanol–water partition coefficient (Wildman–Crippen LogP) is 4.28. The van der Waals surface area contributed by atoms with Crippen molar-refractivity contribution in [2.75, 3.05) is 18.4 Å². The van der Waals surface area contributed by atoms with E-state index in [1.165, 1.54) is 17.5 Å². The molecule has 132 valence electrons. The molecule has 1 amide bonds. The maximum atomic E-state index is 12.5. The highest BCUT2D eigenvalue weighted by molar-refractivity contribution is 5.92. The van der Waals surface area contributed by atoms with Crippen LogP contribution in [0.5, 0.6) is 0 Å². The third kappa shape index (κ3) is 3.98. The molecule has 5 heteroatoms. The van der Waals surface area contributed by atoms with Gasteiger partial charge in [-0.15, -0.1) is 0 Å². The summed E-state index contributed by atoms with van der Waals surface area (Å²) in [5, 5.41) is 3.37. The first-order valence-corrected chi connectivity index (χ1v) is 9.04. The molecule has 25 heavy (non-hydrogen) atoms. The van der Waals surface area contributed by atoms with Crippen molar-refractivity contribution in [2.24, 2.45) is 0 Å². The first-order chi connectivity index (χ1) is 12.1. The molecule has 2 heterocycles. The molecule has 0 bridgehead atoms. The molecule has 1 aliphatic rings. The lowest BCUT2D eigenvalue weighted by atomic mass is 9.98. The van der Waals surface area contributed by atoms with Gasteiger partial charge in [-0.25, -0.2) is 9.97 Å². The average Bonchev–Trinajstić information content (AvgIpc) is 2.64. The summed E-state index contributed by atoms with van der Waals surface area (Å²) in [5.74, 6) is 1.05. The fourth-order valence-corrected chi connectivity index (χ4v) is 3.23. The Labute approximate surface area is 149 Å². The number of aryl methyl sites for hydroxylation is 1. The number of rotatable bonds is 4. The Kier molecular flexibility index (Phi) is 5.31. The van der Waals surface area contributed by atoms with Gasteiger partial charge >= 0.3 is 0 Å². The van der Waals surface area contributed by atoms with Gasteiger partial charge in [0.1, 0.15) is 11.5 Å². The zero-order valence-corrected chi connectivity index (χ0v) is 15.2. The third-order valence-corrected chi connectivity index (χ3v) is 4.69. The number of carbonyl (C=O) groups excluding carboxylic acids is 1. The van der Waals surface area contributed by atoms with Crippen LogP contribution >= 0.6 is 0 Å². The number of carbonyl (C=O) groups is 1. The van der Waals surface area contributed by atoms with Crippen LogP contribution in [0, 0.1) is 6.92 Å². The van der Waals surface area contributed by atoms with Crippen molar-refractivity contribution < 1.29 is 4.79 Å². The minimum atomic E-state index is -0.0162. The van der Waals surface area contributed by atoms with Gasteiger partial charge in [-0.1, -0.05) is 32.0 Å². The van der Waals surface area contributed by atoms with Crippen LogP contribution in [-0.2, 0) is 0 Å². The summed E-state index contributed by atoms with van der Waals surface area (Å²) in [6.45, 7) is 8.07. The van der Waals surface area contributed by atoms with Crippen LogP contribution in [0.3, 0.4) is 0 Å². The quantitative estimate of drug-likeness (QED) is 0.904. The molecule has 1 aromatic carbocycles. The van der Waals surface area contributed by atoms with Crippen LogP contribution in [0.15, 0.2) is 30.6 Å². The lowest BCUT2D eigenvalue weighted by Gasteiger charge is -2.26. The molecule has 1 aliphatic heterocycles.